The quantitative estimate of drug-likeness (QED) is 0.0705. The Morgan fingerprint density at radius 1 is 0.685 bits per heavy atom. The molecular formula is C33H40Cl2N6O13. The summed E-state index contributed by atoms with van der Waals surface area (Å²) in [4.78, 5) is 88.4. The van der Waals surface area contributed by atoms with Crippen molar-refractivity contribution in [3.63, 3.8) is 0 Å². The number of nitrogens with zero attached hydrogens (tertiary/aromatic N) is 4. The van der Waals surface area contributed by atoms with E-state index in [9.17, 15) is 49.0 Å². The van der Waals surface area contributed by atoms with Crippen LogP contribution < -0.4 is 11.1 Å². The van der Waals surface area contributed by atoms with E-state index in [1.165, 1.54) is 76.7 Å². The molecule has 0 radical (unpaired) electrons. The fourth-order valence-electron chi connectivity index (χ4n) is 3.48. The molecule has 0 unspecified atom stereocenters. The summed E-state index contributed by atoms with van der Waals surface area (Å²) in [6, 6.07) is 17.2. The first-order chi connectivity index (χ1) is 24.9. The van der Waals surface area contributed by atoms with Crippen molar-refractivity contribution < 1.29 is 52.8 Å². The number of non-ortho nitro benzene ring substituents is 2. The first-order valence-electron chi connectivity index (χ1n) is 14.8. The van der Waals surface area contributed by atoms with Crippen LogP contribution in [-0.4, -0.2) is 117 Å². The van der Waals surface area contributed by atoms with Crippen LogP contribution in [0.1, 0.15) is 31.1 Å². The number of nitrogens with two attached hydrogens (primary N) is 1. The highest BCUT2D eigenvalue weighted by molar-refractivity contribution is 6.67. The van der Waals surface area contributed by atoms with Gasteiger partial charge in [-0.2, -0.15) is 0 Å². The molecule has 19 nitrogen and oxygen atoms in total. The number of nitro groups is 2. The van der Waals surface area contributed by atoms with Crippen molar-refractivity contribution in [2.75, 3.05) is 67.8 Å². The molecule has 0 heterocycles. The van der Waals surface area contributed by atoms with Crippen molar-refractivity contribution in [2.24, 2.45) is 0 Å². The molecule has 0 bridgehead atoms. The van der Waals surface area contributed by atoms with Crippen LogP contribution in [-0.2, 0) is 28.6 Å². The van der Waals surface area contributed by atoms with Crippen molar-refractivity contribution in [1.82, 2.24) is 15.1 Å². The number of methoxy groups -OCH3 is 3. The van der Waals surface area contributed by atoms with Gasteiger partial charge in [-0.25, -0.2) is 0 Å². The molecule has 0 aliphatic rings. The number of esters is 3. The van der Waals surface area contributed by atoms with Gasteiger partial charge < -0.3 is 35.1 Å². The van der Waals surface area contributed by atoms with Gasteiger partial charge in [0.25, 0.3) is 28.4 Å². The number of likely N-dealkylation sites (N-methyl/N-ethyl adjacent to an activating group) is 3. The molecule has 0 spiro atoms. The third-order valence-electron chi connectivity index (χ3n) is 6.15. The summed E-state index contributed by atoms with van der Waals surface area (Å²) in [7, 11) is 8.49. The third-order valence-corrected chi connectivity index (χ3v) is 6.37. The Balaban J connectivity index is 0. The molecule has 0 fully saturated rings. The maximum Gasteiger partial charge on any atom is 0.325 e. The number of nitrogen functional groups attached to an aromatic ring is 1. The summed E-state index contributed by atoms with van der Waals surface area (Å²) in [5.74, 6) is -2.00. The van der Waals surface area contributed by atoms with Crippen molar-refractivity contribution in [3.8, 4) is 0 Å². The number of hydrogen-bond donors (Lipinski definition) is 2. The van der Waals surface area contributed by atoms with E-state index in [1.807, 2.05) is 0 Å². The third kappa shape index (κ3) is 19.4. The second kappa shape index (κ2) is 26.6. The molecule has 21 heteroatoms. The number of rotatable bonds is 11. The number of nitro benzene ring substituents is 2. The predicted molar refractivity (Wildman–Crippen MR) is 198 cm³/mol. The Hall–Kier alpha value is -6.18. The van der Waals surface area contributed by atoms with E-state index in [0.717, 1.165) is 17.0 Å². The van der Waals surface area contributed by atoms with Crippen molar-refractivity contribution >= 4 is 76.0 Å². The minimum atomic E-state index is -0.696. The van der Waals surface area contributed by atoms with Crippen LogP contribution in [0.15, 0.2) is 72.8 Å². The molecule has 3 aromatic rings. The largest absolute Gasteiger partial charge is 0.468 e. The second-order valence-electron chi connectivity index (χ2n) is 10.1. The Morgan fingerprint density at radius 2 is 1.06 bits per heavy atom. The van der Waals surface area contributed by atoms with Crippen LogP contribution in [0.4, 0.5) is 17.1 Å². The van der Waals surface area contributed by atoms with Gasteiger partial charge in [-0.15, -0.1) is 12.4 Å². The number of anilines is 1. The SMILES string of the molecule is CNCC(=O)OC.COC(=O)CN(C)C(=O)c1cccc(N)c1.COC(=O)CN(C)C(=O)c1cccc([N+](=O)[O-])c1.Cl.O=C(Cl)c1cccc([N+](=O)[O-])c1. The van der Waals surface area contributed by atoms with Crippen molar-refractivity contribution in [3.05, 3.63) is 110 Å². The Kier molecular flexibility index (Phi) is 24.6. The molecule has 0 aliphatic heterocycles. The Morgan fingerprint density at radius 3 is 1.39 bits per heavy atom. The molecule has 0 aliphatic carbocycles. The smallest absolute Gasteiger partial charge is 0.325 e. The Labute approximate surface area is 321 Å². The normalized spacial score (nSPS) is 9.24. The van der Waals surface area contributed by atoms with E-state index >= 15 is 0 Å². The minimum absolute atomic E-state index is 0. The number of hydrogen-bond acceptors (Lipinski definition) is 15. The lowest BCUT2D eigenvalue weighted by Crippen LogP contribution is -2.32. The monoisotopic (exact) mass is 798 g/mol. The first kappa shape index (κ1) is 49.9. The number of halogens is 2. The van der Waals surface area contributed by atoms with Gasteiger partial charge in [-0.3, -0.25) is 49.0 Å². The van der Waals surface area contributed by atoms with Gasteiger partial charge in [0.05, 0.1) is 37.7 Å². The molecular weight excluding hydrogens is 759 g/mol. The molecule has 3 rings (SSSR count). The lowest BCUT2D eigenvalue weighted by atomic mass is 10.2. The van der Waals surface area contributed by atoms with Gasteiger partial charge in [-0.1, -0.05) is 18.2 Å². The summed E-state index contributed by atoms with van der Waals surface area (Å²) in [5.41, 5.74) is 6.49. The van der Waals surface area contributed by atoms with Gasteiger partial charge in [-0.05, 0) is 49.0 Å². The average Bonchev–Trinajstić information content (AvgIpc) is 3.14. The zero-order chi connectivity index (χ0) is 40.7. The topological polar surface area (TPSA) is 261 Å². The van der Waals surface area contributed by atoms with Crippen LogP contribution in [0.25, 0.3) is 0 Å². The predicted octanol–water partition coefficient (Wildman–Crippen LogP) is 3.13. The van der Waals surface area contributed by atoms with E-state index in [-0.39, 0.29) is 66.4 Å². The number of carbonyl (C=O) groups excluding carboxylic acids is 6. The van der Waals surface area contributed by atoms with Gasteiger partial charge in [0.2, 0.25) is 0 Å². The van der Waals surface area contributed by atoms with Crippen molar-refractivity contribution in [1.29, 1.82) is 0 Å². The zero-order valence-corrected chi connectivity index (χ0v) is 31.6. The van der Waals surface area contributed by atoms with E-state index in [4.69, 9.17) is 17.3 Å². The van der Waals surface area contributed by atoms with E-state index in [2.05, 4.69) is 19.5 Å². The van der Waals surface area contributed by atoms with Crippen LogP contribution >= 0.6 is 24.0 Å². The summed E-state index contributed by atoms with van der Waals surface area (Å²) < 4.78 is 13.2. The fraction of sp³-hybridized carbons (Fsp3) is 0.273. The lowest BCUT2D eigenvalue weighted by Gasteiger charge is -2.15. The molecule has 54 heavy (non-hydrogen) atoms. The highest BCUT2D eigenvalue weighted by atomic mass is 35.5. The first-order valence-corrected chi connectivity index (χ1v) is 15.2. The summed E-state index contributed by atoms with van der Waals surface area (Å²) in [6.07, 6.45) is 0. The molecule has 3 aromatic carbocycles. The highest BCUT2D eigenvalue weighted by Gasteiger charge is 2.18. The van der Waals surface area contributed by atoms with Gasteiger partial charge in [0.15, 0.2) is 0 Å². The maximum atomic E-state index is 11.9. The molecule has 0 saturated carbocycles. The number of nitrogens with one attached hydrogen (secondary N) is 1. The maximum absolute atomic E-state index is 11.9. The molecule has 0 saturated heterocycles. The number of amides is 2. The van der Waals surface area contributed by atoms with Crippen LogP contribution in [0.5, 0.6) is 0 Å². The Bertz CT molecular complexity index is 1730. The highest BCUT2D eigenvalue weighted by Crippen LogP contribution is 2.15. The summed E-state index contributed by atoms with van der Waals surface area (Å²) in [5, 5.41) is 22.8. The molecule has 0 aromatic heterocycles. The van der Waals surface area contributed by atoms with Gasteiger partial charge in [0.1, 0.15) is 13.1 Å². The van der Waals surface area contributed by atoms with E-state index in [1.54, 1.807) is 31.3 Å². The summed E-state index contributed by atoms with van der Waals surface area (Å²) in [6.45, 7) is -0.00133. The molecule has 0 atom stereocenters. The van der Waals surface area contributed by atoms with Gasteiger partial charge >= 0.3 is 17.9 Å². The second-order valence-corrected chi connectivity index (χ2v) is 10.4. The summed E-state index contributed by atoms with van der Waals surface area (Å²) >= 11 is 5.12. The minimum Gasteiger partial charge on any atom is -0.468 e. The van der Waals surface area contributed by atoms with E-state index < -0.39 is 32.9 Å². The lowest BCUT2D eigenvalue weighted by molar-refractivity contribution is -0.385. The molecule has 294 valence electrons. The van der Waals surface area contributed by atoms with E-state index in [0.29, 0.717) is 11.3 Å². The number of ether oxygens (including phenoxy) is 3. The van der Waals surface area contributed by atoms with Crippen LogP contribution in [0.3, 0.4) is 0 Å². The van der Waals surface area contributed by atoms with Crippen LogP contribution in [0, 0.1) is 20.2 Å². The number of carbonyl (C=O) groups is 6. The fourth-order valence-corrected chi connectivity index (χ4v) is 3.60. The van der Waals surface area contributed by atoms with Crippen LogP contribution in [0.2, 0.25) is 0 Å². The molecule has 2 amide bonds. The zero-order valence-electron chi connectivity index (χ0n) is 30.0. The van der Waals surface area contributed by atoms with Gasteiger partial charge in [0, 0.05) is 60.7 Å². The average molecular weight is 800 g/mol. The molecule has 3 N–H and O–H groups in total. The standard InChI is InChI=1S/C11H12N2O5.C11H14N2O3.C7H4ClNO3.C4H9NO2.ClH/c1-12(7-10(14)18-2)11(15)8-4-3-5-9(6-8)13(16)17;1-13(7-10(14)16-2)11(15)8-4-3-5-9(12)6-8;8-7(10)5-2-1-3-6(4-5)9(11)12;1-5-3-4(6)7-2;/h3-6H,7H2,1-2H3;3-6H,7,12H2,1-2H3;1-4H;5H,3H2,1-2H3;1H. The van der Waals surface area contributed by atoms with Crippen molar-refractivity contribution in [2.45, 2.75) is 0 Å². The number of benzene rings is 3.